The van der Waals surface area contributed by atoms with E-state index in [2.05, 4.69) is 0 Å². The lowest BCUT2D eigenvalue weighted by Crippen LogP contribution is -2.52. The Morgan fingerprint density at radius 2 is 1.90 bits per heavy atom. The highest BCUT2D eigenvalue weighted by Crippen LogP contribution is 2.44. The van der Waals surface area contributed by atoms with E-state index in [1.165, 1.54) is 18.2 Å². The molecule has 158 valence electrons. The Bertz CT molecular complexity index is 836. The maximum absolute atomic E-state index is 12.6. The number of halogens is 4. The molecule has 0 aliphatic heterocycles. The van der Waals surface area contributed by atoms with Gasteiger partial charge in [0.05, 0.1) is 17.0 Å². The molecule has 0 aromatic heterocycles. The minimum atomic E-state index is -4.25. The van der Waals surface area contributed by atoms with Gasteiger partial charge >= 0.3 is 18.1 Å². The van der Waals surface area contributed by atoms with E-state index >= 15 is 0 Å². The van der Waals surface area contributed by atoms with Crippen LogP contribution in [0.15, 0.2) is 18.2 Å². The fourth-order valence-corrected chi connectivity index (χ4v) is 3.38. The van der Waals surface area contributed by atoms with Gasteiger partial charge in [-0.15, -0.1) is 6.42 Å². The second kappa shape index (κ2) is 8.15. The molecule has 9 heteroatoms. The van der Waals surface area contributed by atoms with Gasteiger partial charge in [0.15, 0.2) is 0 Å². The molecule has 1 aromatic carbocycles. The molecule has 0 saturated heterocycles. The Kier molecular flexibility index (Phi) is 6.43. The monoisotopic (exact) mass is 431 g/mol. The first-order chi connectivity index (χ1) is 13.3. The van der Waals surface area contributed by atoms with E-state index < -0.39 is 41.5 Å². The summed E-state index contributed by atoms with van der Waals surface area (Å²) in [7, 11) is 0. The number of ether oxygens (including phenoxy) is 1. The molecular formula is C20H21ClF3NO4. The van der Waals surface area contributed by atoms with E-state index in [1.54, 1.807) is 20.8 Å². The van der Waals surface area contributed by atoms with E-state index in [-0.39, 0.29) is 29.3 Å². The Morgan fingerprint density at radius 1 is 1.31 bits per heavy atom. The number of anilines is 1. The predicted octanol–water partition coefficient (Wildman–Crippen LogP) is 4.53. The molecule has 0 bridgehead atoms. The molecule has 5 nitrogen and oxygen atoms in total. The fourth-order valence-electron chi connectivity index (χ4n) is 3.17. The van der Waals surface area contributed by atoms with E-state index in [4.69, 9.17) is 22.8 Å². The van der Waals surface area contributed by atoms with Crippen LogP contribution in [-0.2, 0) is 9.59 Å². The molecule has 1 aliphatic rings. The molecule has 1 atom stereocenters. The van der Waals surface area contributed by atoms with Crippen molar-refractivity contribution in [2.45, 2.75) is 51.9 Å². The zero-order valence-corrected chi connectivity index (χ0v) is 16.8. The summed E-state index contributed by atoms with van der Waals surface area (Å²) in [4.78, 5) is 25.1. The van der Waals surface area contributed by atoms with Gasteiger partial charge in [0.1, 0.15) is 11.8 Å². The van der Waals surface area contributed by atoms with Gasteiger partial charge in [-0.05, 0) is 42.4 Å². The smallest absolute Gasteiger partial charge is 0.392 e. The van der Waals surface area contributed by atoms with Crippen LogP contribution in [0.5, 0.6) is 5.75 Å². The van der Waals surface area contributed by atoms with Crippen LogP contribution in [0.1, 0.15) is 33.6 Å². The van der Waals surface area contributed by atoms with E-state index in [0.29, 0.717) is 0 Å². The van der Waals surface area contributed by atoms with Gasteiger partial charge in [0, 0.05) is 5.69 Å². The molecular weight excluding hydrogens is 411 g/mol. The van der Waals surface area contributed by atoms with Gasteiger partial charge in [-0.1, -0.05) is 32.4 Å². The molecule has 29 heavy (non-hydrogen) atoms. The van der Waals surface area contributed by atoms with E-state index in [1.807, 2.05) is 5.92 Å². The number of benzene rings is 1. The normalized spacial score (nSPS) is 20.2. The first-order valence-corrected chi connectivity index (χ1v) is 9.19. The topological polar surface area (TPSA) is 66.8 Å². The largest absolute Gasteiger partial charge is 0.489 e. The fraction of sp³-hybridized carbons (Fsp3) is 0.500. The van der Waals surface area contributed by atoms with Gasteiger partial charge in [-0.3, -0.25) is 9.69 Å². The van der Waals surface area contributed by atoms with Crippen LogP contribution in [0.3, 0.4) is 0 Å². The van der Waals surface area contributed by atoms with Crippen LogP contribution in [0, 0.1) is 23.7 Å². The van der Waals surface area contributed by atoms with Crippen molar-refractivity contribution < 1.29 is 32.6 Å². The van der Waals surface area contributed by atoms with Crippen LogP contribution < -0.4 is 9.64 Å². The highest BCUT2D eigenvalue weighted by atomic mass is 35.5. The quantitative estimate of drug-likeness (QED) is 0.696. The highest BCUT2D eigenvalue weighted by Gasteiger charge is 2.49. The third-order valence-corrected chi connectivity index (χ3v) is 5.00. The standard InChI is InChI=1S/C20H21ClF3NO4/c1-5-16(26)25(17(18(27)28)19(2,3)4)12-6-7-15(14(21)10-12)29-13-8-11(9-13)20(22,23)24/h1,6-7,10-11,13,17H,8-9H2,2-4H3,(H,27,28). The Labute approximate surface area is 171 Å². The number of rotatable bonds is 5. The summed E-state index contributed by atoms with van der Waals surface area (Å²) in [6, 6.07) is 2.83. The van der Waals surface area contributed by atoms with Gasteiger partial charge in [-0.2, -0.15) is 13.2 Å². The molecule has 1 N–H and O–H groups in total. The van der Waals surface area contributed by atoms with Crippen molar-refractivity contribution in [3.63, 3.8) is 0 Å². The molecule has 1 amide bonds. The average Bonchev–Trinajstić information content (AvgIpc) is 2.53. The van der Waals surface area contributed by atoms with Gasteiger partial charge < -0.3 is 9.84 Å². The minimum absolute atomic E-state index is 0.0332. The molecule has 2 rings (SSSR count). The number of hydrogen-bond acceptors (Lipinski definition) is 3. The summed E-state index contributed by atoms with van der Waals surface area (Å²) < 4.78 is 43.3. The zero-order chi connectivity index (χ0) is 22.1. The molecule has 1 aromatic rings. The minimum Gasteiger partial charge on any atom is -0.489 e. The molecule has 0 radical (unpaired) electrons. The summed E-state index contributed by atoms with van der Waals surface area (Å²) in [5, 5.41) is 9.68. The van der Waals surface area contributed by atoms with E-state index in [9.17, 15) is 27.9 Å². The number of carboxylic acids is 1. The van der Waals surface area contributed by atoms with Gasteiger partial charge in [0.25, 0.3) is 0 Å². The van der Waals surface area contributed by atoms with Gasteiger partial charge in [-0.25, -0.2) is 4.79 Å². The van der Waals surface area contributed by atoms with E-state index in [0.717, 1.165) is 4.90 Å². The Hall–Kier alpha value is -2.40. The van der Waals surface area contributed by atoms with Crippen LogP contribution in [0.2, 0.25) is 5.02 Å². The van der Waals surface area contributed by atoms with Crippen LogP contribution >= 0.6 is 11.6 Å². The van der Waals surface area contributed by atoms with Crippen molar-refractivity contribution in [3.05, 3.63) is 23.2 Å². The highest BCUT2D eigenvalue weighted by molar-refractivity contribution is 6.32. The number of hydrogen-bond donors (Lipinski definition) is 1. The molecule has 1 fully saturated rings. The Morgan fingerprint density at radius 3 is 2.31 bits per heavy atom. The number of nitrogens with zero attached hydrogens (tertiary/aromatic N) is 1. The number of aliphatic carboxylic acids is 1. The van der Waals surface area contributed by atoms with Crippen molar-refractivity contribution >= 4 is 29.2 Å². The predicted molar refractivity (Wildman–Crippen MR) is 102 cm³/mol. The van der Waals surface area contributed by atoms with Gasteiger partial charge in [0.2, 0.25) is 0 Å². The SMILES string of the molecule is C#CC(=O)N(c1ccc(OC2CC(C(F)(F)F)C2)c(Cl)c1)C(C(=O)O)C(C)(C)C. The molecule has 1 saturated carbocycles. The number of terminal acetylenes is 1. The number of amides is 1. The molecule has 0 spiro atoms. The molecule has 0 heterocycles. The maximum atomic E-state index is 12.6. The summed E-state index contributed by atoms with van der Waals surface area (Å²) in [6.07, 6.45) is 0.0351. The average molecular weight is 432 g/mol. The summed E-state index contributed by atoms with van der Waals surface area (Å²) in [6.45, 7) is 4.94. The second-order valence-electron chi connectivity index (χ2n) is 7.99. The first kappa shape index (κ1) is 22.9. The second-order valence-corrected chi connectivity index (χ2v) is 8.40. The Balaban J connectivity index is 2.27. The molecule has 1 aliphatic carbocycles. The summed E-state index contributed by atoms with van der Waals surface area (Å²) >= 11 is 6.19. The third-order valence-electron chi connectivity index (χ3n) is 4.70. The number of carbonyl (C=O) groups excluding carboxylic acids is 1. The van der Waals surface area contributed by atoms with Crippen molar-refractivity contribution in [1.29, 1.82) is 0 Å². The molecule has 1 unspecified atom stereocenters. The summed E-state index contributed by atoms with van der Waals surface area (Å²) in [5.74, 6) is -1.43. The lowest BCUT2D eigenvalue weighted by atomic mass is 9.82. The van der Waals surface area contributed by atoms with Crippen molar-refractivity contribution in [3.8, 4) is 18.1 Å². The van der Waals surface area contributed by atoms with Crippen molar-refractivity contribution in [2.75, 3.05) is 4.90 Å². The van der Waals surface area contributed by atoms with Crippen molar-refractivity contribution in [2.24, 2.45) is 11.3 Å². The lowest BCUT2D eigenvalue weighted by Gasteiger charge is -2.37. The van der Waals surface area contributed by atoms with Crippen LogP contribution in [0.4, 0.5) is 18.9 Å². The van der Waals surface area contributed by atoms with Crippen LogP contribution in [-0.4, -0.2) is 35.3 Å². The number of carbonyl (C=O) groups is 2. The lowest BCUT2D eigenvalue weighted by molar-refractivity contribution is -0.210. The third kappa shape index (κ3) is 5.15. The zero-order valence-electron chi connectivity index (χ0n) is 16.1. The first-order valence-electron chi connectivity index (χ1n) is 8.81. The summed E-state index contributed by atoms with van der Waals surface area (Å²) in [5.41, 5.74) is -0.701. The van der Waals surface area contributed by atoms with Crippen LogP contribution in [0.25, 0.3) is 0 Å². The number of alkyl halides is 3. The number of carboxylic acid groups (broad SMARTS) is 1. The maximum Gasteiger partial charge on any atom is 0.392 e. The van der Waals surface area contributed by atoms with Crippen molar-refractivity contribution in [1.82, 2.24) is 0 Å².